The standard InChI is InChI=1S/C17H34N4O2/c1-3-4-5-6-7-8-9-10-11-12-13-15(14-16(22)20-18)17(23)21(2)19/h12-13,15H,3-11,14,18-19H2,1-2H3,(H,20,22). The van der Waals surface area contributed by atoms with Crippen LogP contribution in [0.25, 0.3) is 0 Å². The molecule has 2 amide bonds. The number of unbranched alkanes of at least 4 members (excludes halogenated alkanes) is 8. The highest BCUT2D eigenvalue weighted by molar-refractivity contribution is 5.86. The maximum Gasteiger partial charge on any atom is 0.243 e. The Kier molecular flexibility index (Phi) is 13.3. The van der Waals surface area contributed by atoms with Gasteiger partial charge in [0.25, 0.3) is 0 Å². The number of carbonyl (C=O) groups excluding carboxylic acids is 2. The lowest BCUT2D eigenvalue weighted by molar-refractivity contribution is -0.135. The van der Waals surface area contributed by atoms with Crippen LogP contribution in [0.2, 0.25) is 0 Å². The lowest BCUT2D eigenvalue weighted by Gasteiger charge is -2.16. The number of allylic oxidation sites excluding steroid dienone is 1. The van der Waals surface area contributed by atoms with Crippen molar-refractivity contribution in [2.45, 2.75) is 71.1 Å². The van der Waals surface area contributed by atoms with Gasteiger partial charge in [0, 0.05) is 13.5 Å². The van der Waals surface area contributed by atoms with Crippen molar-refractivity contribution in [3.8, 4) is 0 Å². The average molecular weight is 326 g/mol. The van der Waals surface area contributed by atoms with Crippen LogP contribution >= 0.6 is 0 Å². The molecule has 0 aliphatic rings. The number of amides is 2. The summed E-state index contributed by atoms with van der Waals surface area (Å²) in [6.45, 7) is 2.23. The van der Waals surface area contributed by atoms with Crippen LogP contribution in [-0.2, 0) is 9.59 Å². The van der Waals surface area contributed by atoms with E-state index in [-0.39, 0.29) is 18.2 Å². The Hall–Kier alpha value is -1.40. The summed E-state index contributed by atoms with van der Waals surface area (Å²) in [5, 5.41) is 1.01. The fourth-order valence-corrected chi connectivity index (χ4v) is 2.41. The normalized spacial score (nSPS) is 12.3. The molecule has 0 aromatic heterocycles. The Morgan fingerprint density at radius 2 is 1.65 bits per heavy atom. The quantitative estimate of drug-likeness (QED) is 0.159. The molecule has 0 aliphatic carbocycles. The summed E-state index contributed by atoms with van der Waals surface area (Å²) in [5.74, 6) is 9.31. The third-order valence-electron chi connectivity index (χ3n) is 3.82. The fourth-order valence-electron chi connectivity index (χ4n) is 2.41. The topological polar surface area (TPSA) is 101 Å². The predicted molar refractivity (Wildman–Crippen MR) is 93.8 cm³/mol. The molecular formula is C17H34N4O2. The molecule has 0 saturated carbocycles. The first-order valence-electron chi connectivity index (χ1n) is 8.71. The minimum Gasteiger partial charge on any atom is -0.294 e. The summed E-state index contributed by atoms with van der Waals surface area (Å²) < 4.78 is 0. The number of carbonyl (C=O) groups is 2. The van der Waals surface area contributed by atoms with E-state index in [1.165, 1.54) is 52.0 Å². The minimum absolute atomic E-state index is 0.0187. The third kappa shape index (κ3) is 11.8. The molecule has 0 rings (SSSR count). The van der Waals surface area contributed by atoms with Crippen molar-refractivity contribution < 1.29 is 9.59 Å². The summed E-state index contributed by atoms with van der Waals surface area (Å²) in [7, 11) is 1.47. The van der Waals surface area contributed by atoms with Crippen molar-refractivity contribution in [2.24, 2.45) is 17.6 Å². The smallest absolute Gasteiger partial charge is 0.243 e. The molecule has 134 valence electrons. The van der Waals surface area contributed by atoms with E-state index in [0.29, 0.717) is 0 Å². The highest BCUT2D eigenvalue weighted by Gasteiger charge is 2.20. The van der Waals surface area contributed by atoms with Gasteiger partial charge >= 0.3 is 0 Å². The van der Waals surface area contributed by atoms with E-state index in [4.69, 9.17) is 11.7 Å². The van der Waals surface area contributed by atoms with Crippen molar-refractivity contribution in [3.05, 3.63) is 12.2 Å². The summed E-state index contributed by atoms with van der Waals surface area (Å²) in [6, 6.07) is 0. The summed E-state index contributed by atoms with van der Waals surface area (Å²) in [6.07, 6.45) is 14.8. The Balaban J connectivity index is 3.96. The zero-order valence-corrected chi connectivity index (χ0v) is 14.7. The number of nitrogens with two attached hydrogens (primary N) is 2. The molecule has 0 heterocycles. The van der Waals surface area contributed by atoms with Gasteiger partial charge in [-0.05, 0) is 12.8 Å². The van der Waals surface area contributed by atoms with Crippen molar-refractivity contribution in [1.29, 1.82) is 0 Å². The minimum atomic E-state index is -0.553. The van der Waals surface area contributed by atoms with Crippen LogP contribution in [0.3, 0.4) is 0 Å². The van der Waals surface area contributed by atoms with Crippen molar-refractivity contribution in [3.63, 3.8) is 0 Å². The Morgan fingerprint density at radius 1 is 1.09 bits per heavy atom. The molecule has 6 heteroatoms. The highest BCUT2D eigenvalue weighted by Crippen LogP contribution is 2.12. The molecule has 0 fully saturated rings. The van der Waals surface area contributed by atoms with Crippen molar-refractivity contribution >= 4 is 11.8 Å². The fraction of sp³-hybridized carbons (Fsp3) is 0.765. The molecular weight excluding hydrogens is 292 g/mol. The molecule has 1 unspecified atom stereocenters. The molecule has 6 nitrogen and oxygen atoms in total. The van der Waals surface area contributed by atoms with E-state index < -0.39 is 5.92 Å². The number of hydrogen-bond donors (Lipinski definition) is 3. The summed E-state index contributed by atoms with van der Waals surface area (Å²) in [5.41, 5.74) is 2.04. The Morgan fingerprint density at radius 3 is 2.17 bits per heavy atom. The second-order valence-electron chi connectivity index (χ2n) is 6.02. The molecule has 23 heavy (non-hydrogen) atoms. The maximum absolute atomic E-state index is 11.9. The number of rotatable bonds is 13. The molecule has 0 aromatic rings. The van der Waals surface area contributed by atoms with Gasteiger partial charge in [-0.2, -0.15) is 0 Å². The first kappa shape index (κ1) is 21.6. The van der Waals surface area contributed by atoms with E-state index in [1.54, 1.807) is 6.08 Å². The van der Waals surface area contributed by atoms with Gasteiger partial charge in [-0.15, -0.1) is 0 Å². The van der Waals surface area contributed by atoms with Gasteiger partial charge in [0.2, 0.25) is 11.8 Å². The highest BCUT2D eigenvalue weighted by atomic mass is 16.2. The second-order valence-corrected chi connectivity index (χ2v) is 6.02. The van der Waals surface area contributed by atoms with Gasteiger partial charge in [-0.25, -0.2) is 11.7 Å². The number of hydrazine groups is 2. The Labute approximate surface area is 140 Å². The van der Waals surface area contributed by atoms with Gasteiger partial charge in [-0.3, -0.25) is 20.0 Å². The molecule has 0 aliphatic heterocycles. The number of nitrogens with one attached hydrogen (secondary N) is 1. The molecule has 0 bridgehead atoms. The SMILES string of the molecule is CCCCCCCCCCC=CC(CC(=O)NN)C(=O)N(C)N. The first-order valence-corrected chi connectivity index (χ1v) is 8.71. The molecule has 0 aromatic carbocycles. The molecule has 5 N–H and O–H groups in total. The van der Waals surface area contributed by atoms with Crippen LogP contribution in [0, 0.1) is 5.92 Å². The maximum atomic E-state index is 11.9. The van der Waals surface area contributed by atoms with Gasteiger partial charge < -0.3 is 0 Å². The van der Waals surface area contributed by atoms with Gasteiger partial charge in [0.15, 0.2) is 0 Å². The summed E-state index contributed by atoms with van der Waals surface area (Å²) >= 11 is 0. The van der Waals surface area contributed by atoms with E-state index in [1.807, 2.05) is 11.5 Å². The molecule has 0 spiro atoms. The van der Waals surface area contributed by atoms with Crippen LogP contribution in [-0.4, -0.2) is 23.9 Å². The predicted octanol–water partition coefficient (Wildman–Crippen LogP) is 2.40. The van der Waals surface area contributed by atoms with Crippen molar-refractivity contribution in [2.75, 3.05) is 7.05 Å². The first-order chi connectivity index (χ1) is 11.0. The van der Waals surface area contributed by atoms with Gasteiger partial charge in [-0.1, -0.05) is 64.0 Å². The lowest BCUT2D eigenvalue weighted by atomic mass is 10.0. The van der Waals surface area contributed by atoms with E-state index in [0.717, 1.165) is 17.9 Å². The van der Waals surface area contributed by atoms with Crippen LogP contribution < -0.4 is 17.1 Å². The number of nitrogens with zero attached hydrogens (tertiary/aromatic N) is 1. The van der Waals surface area contributed by atoms with E-state index >= 15 is 0 Å². The van der Waals surface area contributed by atoms with E-state index in [2.05, 4.69) is 6.92 Å². The third-order valence-corrected chi connectivity index (χ3v) is 3.82. The van der Waals surface area contributed by atoms with Crippen LogP contribution in [0.4, 0.5) is 0 Å². The zero-order valence-electron chi connectivity index (χ0n) is 14.7. The molecule has 0 radical (unpaired) electrons. The van der Waals surface area contributed by atoms with E-state index in [9.17, 15) is 9.59 Å². The molecule has 0 saturated heterocycles. The summed E-state index contributed by atoms with van der Waals surface area (Å²) in [4.78, 5) is 23.3. The second kappa shape index (κ2) is 14.2. The zero-order chi connectivity index (χ0) is 17.5. The van der Waals surface area contributed by atoms with Crippen LogP contribution in [0.1, 0.15) is 71.1 Å². The monoisotopic (exact) mass is 326 g/mol. The lowest BCUT2D eigenvalue weighted by Crippen LogP contribution is -2.40. The van der Waals surface area contributed by atoms with Crippen molar-refractivity contribution in [1.82, 2.24) is 10.4 Å². The van der Waals surface area contributed by atoms with Crippen LogP contribution in [0.5, 0.6) is 0 Å². The van der Waals surface area contributed by atoms with Crippen LogP contribution in [0.15, 0.2) is 12.2 Å². The number of hydrogen-bond acceptors (Lipinski definition) is 4. The van der Waals surface area contributed by atoms with Gasteiger partial charge in [0.05, 0.1) is 5.92 Å². The van der Waals surface area contributed by atoms with Gasteiger partial charge in [0.1, 0.15) is 0 Å². The molecule has 1 atom stereocenters. The largest absolute Gasteiger partial charge is 0.294 e. The average Bonchev–Trinajstić information content (AvgIpc) is 2.54. The Bertz CT molecular complexity index is 357.